The number of hydrogen-bond donors (Lipinski definition) is 1. The predicted octanol–water partition coefficient (Wildman–Crippen LogP) is 7.72. The molecule has 2 amide bonds. The van der Waals surface area contributed by atoms with Crippen LogP contribution in [0.25, 0.3) is 0 Å². The van der Waals surface area contributed by atoms with Gasteiger partial charge in [-0.2, -0.15) is 0 Å². The molecule has 1 atom stereocenters. The minimum atomic E-state index is -4.30. The Hall–Kier alpha value is -3.76. The standard InChI is InChI=1S/C36H38Cl3N3O5S/c1-4-5-19-40-36(44)33(21-26-9-7-6-8-10-26)41(23-27-13-17-30(37)31(38)20-27)35(43)24-42(28-14-18-34(47-3)32(39)22-28)48(45,46)29-15-11-25(2)12-16-29/h6-18,20,22,33H,4-5,19,21,23-24H2,1-3H3,(H,40,44)/t33-/m1/s1. The number of rotatable bonds is 15. The van der Waals surface area contributed by atoms with E-state index in [0.29, 0.717) is 22.9 Å². The van der Waals surface area contributed by atoms with Crippen LogP contribution in [0.15, 0.2) is 95.9 Å². The highest BCUT2D eigenvalue weighted by molar-refractivity contribution is 7.92. The number of carbonyl (C=O) groups is 2. The molecule has 48 heavy (non-hydrogen) atoms. The fraction of sp³-hybridized carbons (Fsp3) is 0.278. The number of anilines is 1. The second kappa shape index (κ2) is 17.1. The Morgan fingerprint density at radius 2 is 1.56 bits per heavy atom. The third-order valence-corrected chi connectivity index (χ3v) is 10.6. The second-order valence-electron chi connectivity index (χ2n) is 11.3. The van der Waals surface area contributed by atoms with E-state index in [1.807, 2.05) is 44.2 Å². The minimum Gasteiger partial charge on any atom is -0.495 e. The Balaban J connectivity index is 1.83. The van der Waals surface area contributed by atoms with Gasteiger partial charge in [0.15, 0.2) is 0 Å². The van der Waals surface area contributed by atoms with E-state index in [4.69, 9.17) is 39.5 Å². The fourth-order valence-corrected chi connectivity index (χ4v) is 7.05. The highest BCUT2D eigenvalue weighted by atomic mass is 35.5. The molecule has 0 radical (unpaired) electrons. The Morgan fingerprint density at radius 3 is 2.19 bits per heavy atom. The number of methoxy groups -OCH3 is 1. The van der Waals surface area contributed by atoms with Gasteiger partial charge in [-0.15, -0.1) is 0 Å². The van der Waals surface area contributed by atoms with Crippen LogP contribution in [0.4, 0.5) is 5.69 Å². The molecule has 0 aromatic heterocycles. The van der Waals surface area contributed by atoms with Crippen molar-refractivity contribution >= 4 is 62.3 Å². The summed E-state index contributed by atoms with van der Waals surface area (Å²) in [5, 5.41) is 3.75. The van der Waals surface area contributed by atoms with Crippen LogP contribution < -0.4 is 14.4 Å². The molecular weight excluding hydrogens is 693 g/mol. The number of amides is 2. The van der Waals surface area contributed by atoms with Gasteiger partial charge in [-0.1, -0.05) is 102 Å². The lowest BCUT2D eigenvalue weighted by molar-refractivity contribution is -0.140. The molecule has 12 heteroatoms. The number of sulfonamides is 1. The van der Waals surface area contributed by atoms with Gasteiger partial charge in [0.05, 0.1) is 32.8 Å². The van der Waals surface area contributed by atoms with Crippen LogP contribution in [0, 0.1) is 6.92 Å². The van der Waals surface area contributed by atoms with Crippen molar-refractivity contribution < 1.29 is 22.7 Å². The third kappa shape index (κ3) is 9.44. The smallest absolute Gasteiger partial charge is 0.264 e. The molecule has 0 aliphatic heterocycles. The number of hydrogen-bond acceptors (Lipinski definition) is 5. The highest BCUT2D eigenvalue weighted by Gasteiger charge is 2.35. The summed E-state index contributed by atoms with van der Waals surface area (Å²) in [6, 6.07) is 24.1. The van der Waals surface area contributed by atoms with Crippen molar-refractivity contribution in [2.75, 3.05) is 24.5 Å². The van der Waals surface area contributed by atoms with Crippen LogP contribution in [-0.4, -0.2) is 51.4 Å². The topological polar surface area (TPSA) is 96.0 Å². The van der Waals surface area contributed by atoms with Gasteiger partial charge in [0.25, 0.3) is 10.0 Å². The quantitative estimate of drug-likeness (QED) is 0.127. The minimum absolute atomic E-state index is 0.0120. The summed E-state index contributed by atoms with van der Waals surface area (Å²) in [6.07, 6.45) is 1.81. The molecule has 0 saturated carbocycles. The van der Waals surface area contributed by atoms with E-state index in [1.54, 1.807) is 30.3 Å². The van der Waals surface area contributed by atoms with Gasteiger partial charge < -0.3 is 15.0 Å². The highest BCUT2D eigenvalue weighted by Crippen LogP contribution is 2.32. The molecule has 0 bridgehead atoms. The van der Waals surface area contributed by atoms with Crippen molar-refractivity contribution in [3.8, 4) is 5.75 Å². The van der Waals surface area contributed by atoms with Gasteiger partial charge in [-0.3, -0.25) is 13.9 Å². The molecule has 4 aromatic rings. The SMILES string of the molecule is CCCCNC(=O)[C@@H](Cc1ccccc1)N(Cc1ccc(Cl)c(Cl)c1)C(=O)CN(c1ccc(OC)c(Cl)c1)S(=O)(=O)c1ccc(C)cc1. The number of carbonyl (C=O) groups excluding carboxylic acids is 2. The average Bonchev–Trinajstić information content (AvgIpc) is 3.07. The first-order valence-electron chi connectivity index (χ1n) is 15.4. The summed E-state index contributed by atoms with van der Waals surface area (Å²) < 4.78 is 34.8. The summed E-state index contributed by atoms with van der Waals surface area (Å²) in [5.74, 6) is -0.635. The zero-order valence-corrected chi connectivity index (χ0v) is 30.0. The lowest BCUT2D eigenvalue weighted by Crippen LogP contribution is -2.53. The van der Waals surface area contributed by atoms with Crippen LogP contribution in [0.1, 0.15) is 36.5 Å². The van der Waals surface area contributed by atoms with Crippen LogP contribution >= 0.6 is 34.8 Å². The van der Waals surface area contributed by atoms with Gasteiger partial charge in [0.1, 0.15) is 18.3 Å². The van der Waals surface area contributed by atoms with Crippen molar-refractivity contribution in [2.45, 2.75) is 50.6 Å². The number of unbranched alkanes of at least 4 members (excludes halogenated alkanes) is 1. The molecule has 4 rings (SSSR count). The monoisotopic (exact) mass is 729 g/mol. The van der Waals surface area contributed by atoms with Crippen LogP contribution in [0.2, 0.25) is 15.1 Å². The van der Waals surface area contributed by atoms with Gasteiger partial charge in [0, 0.05) is 19.5 Å². The first-order valence-corrected chi connectivity index (χ1v) is 18.0. The molecule has 0 heterocycles. The van der Waals surface area contributed by atoms with Crippen molar-refractivity contribution in [3.05, 3.63) is 123 Å². The van der Waals surface area contributed by atoms with Gasteiger partial charge in [-0.05, 0) is 66.9 Å². The Kier molecular flexibility index (Phi) is 13.2. The average molecular weight is 731 g/mol. The van der Waals surface area contributed by atoms with E-state index in [1.165, 1.54) is 42.3 Å². The molecule has 0 aliphatic rings. The number of nitrogens with zero attached hydrogens (tertiary/aromatic N) is 2. The van der Waals surface area contributed by atoms with Gasteiger partial charge >= 0.3 is 0 Å². The summed E-state index contributed by atoms with van der Waals surface area (Å²) in [4.78, 5) is 29.9. The molecular formula is C36H38Cl3N3O5S. The van der Waals surface area contributed by atoms with E-state index in [-0.39, 0.29) is 39.5 Å². The van der Waals surface area contributed by atoms with E-state index < -0.39 is 28.5 Å². The van der Waals surface area contributed by atoms with Crippen molar-refractivity contribution in [3.63, 3.8) is 0 Å². The maximum atomic E-state index is 14.6. The zero-order chi connectivity index (χ0) is 34.8. The molecule has 0 spiro atoms. The number of benzene rings is 4. The first kappa shape index (κ1) is 37.1. The maximum absolute atomic E-state index is 14.6. The second-order valence-corrected chi connectivity index (χ2v) is 14.3. The molecule has 1 N–H and O–H groups in total. The van der Waals surface area contributed by atoms with E-state index >= 15 is 0 Å². The zero-order valence-electron chi connectivity index (χ0n) is 27.0. The van der Waals surface area contributed by atoms with E-state index in [9.17, 15) is 18.0 Å². The lowest BCUT2D eigenvalue weighted by atomic mass is 10.0. The molecule has 254 valence electrons. The molecule has 0 unspecified atom stereocenters. The molecule has 0 aliphatic carbocycles. The number of aryl methyl sites for hydroxylation is 1. The lowest BCUT2D eigenvalue weighted by Gasteiger charge is -2.34. The normalized spacial score (nSPS) is 11.9. The van der Waals surface area contributed by atoms with E-state index in [2.05, 4.69) is 5.32 Å². The van der Waals surface area contributed by atoms with Crippen LogP contribution in [0.5, 0.6) is 5.75 Å². The third-order valence-electron chi connectivity index (χ3n) is 7.75. The molecule has 0 fully saturated rings. The van der Waals surface area contributed by atoms with Gasteiger partial charge in [-0.25, -0.2) is 8.42 Å². The van der Waals surface area contributed by atoms with Crippen molar-refractivity contribution in [1.82, 2.24) is 10.2 Å². The number of ether oxygens (including phenoxy) is 1. The van der Waals surface area contributed by atoms with Crippen LogP contribution in [0.3, 0.4) is 0 Å². The largest absolute Gasteiger partial charge is 0.495 e. The Labute approximate surface area is 297 Å². The summed E-state index contributed by atoms with van der Waals surface area (Å²) in [7, 11) is -2.85. The molecule has 0 saturated heterocycles. The predicted molar refractivity (Wildman–Crippen MR) is 193 cm³/mol. The van der Waals surface area contributed by atoms with Gasteiger partial charge in [0.2, 0.25) is 11.8 Å². The number of nitrogens with one attached hydrogen (secondary N) is 1. The summed E-state index contributed by atoms with van der Waals surface area (Å²) >= 11 is 19.0. The van der Waals surface area contributed by atoms with Crippen molar-refractivity contribution in [2.24, 2.45) is 0 Å². The maximum Gasteiger partial charge on any atom is 0.264 e. The summed E-state index contributed by atoms with van der Waals surface area (Å²) in [5.41, 5.74) is 2.45. The molecule has 8 nitrogen and oxygen atoms in total. The fourth-order valence-electron chi connectivity index (χ4n) is 5.07. The Morgan fingerprint density at radius 1 is 0.854 bits per heavy atom. The first-order chi connectivity index (χ1) is 22.9. The van der Waals surface area contributed by atoms with E-state index in [0.717, 1.165) is 28.3 Å². The summed E-state index contributed by atoms with van der Waals surface area (Å²) in [6.45, 7) is 3.61. The number of halogens is 3. The molecule has 4 aromatic carbocycles. The van der Waals surface area contributed by atoms with Crippen molar-refractivity contribution in [1.29, 1.82) is 0 Å². The Bertz CT molecular complexity index is 1820. The van der Waals surface area contributed by atoms with Crippen LogP contribution in [-0.2, 0) is 32.6 Å².